The Hall–Kier alpha value is -1.24. The second-order valence-corrected chi connectivity index (χ2v) is 8.96. The number of halogens is 1. The maximum Gasteiger partial charge on any atom is 0.225 e. The number of hydrogen-bond donors (Lipinski definition) is 2. The molecule has 0 radical (unpaired) electrons. The average Bonchev–Trinajstić information content (AvgIpc) is 2.83. The van der Waals surface area contributed by atoms with E-state index in [1.54, 1.807) is 0 Å². The van der Waals surface area contributed by atoms with Gasteiger partial charge in [-0.1, -0.05) is 13.8 Å². The van der Waals surface area contributed by atoms with E-state index in [2.05, 4.69) is 56.1 Å². The molecule has 2 saturated heterocycles. The highest BCUT2D eigenvalue weighted by atomic mass is 127. The van der Waals surface area contributed by atoms with Gasteiger partial charge in [-0.3, -0.25) is 14.8 Å². The molecule has 3 rings (SSSR count). The Bertz CT molecular complexity index is 664. The van der Waals surface area contributed by atoms with Crippen molar-refractivity contribution in [1.29, 1.82) is 0 Å². The summed E-state index contributed by atoms with van der Waals surface area (Å²) >= 11 is 0. The van der Waals surface area contributed by atoms with Crippen molar-refractivity contribution in [3.63, 3.8) is 0 Å². The smallest absolute Gasteiger partial charge is 0.225 e. The third-order valence-corrected chi connectivity index (χ3v) is 6.04. The molecule has 2 aliphatic rings. The second-order valence-electron chi connectivity index (χ2n) is 8.96. The summed E-state index contributed by atoms with van der Waals surface area (Å²) in [4.78, 5) is 21.0. The van der Waals surface area contributed by atoms with Crippen LogP contribution in [0.4, 0.5) is 5.95 Å². The quantitative estimate of drug-likeness (QED) is 0.248. The summed E-state index contributed by atoms with van der Waals surface area (Å²) in [6.07, 6.45) is 4.79. The first-order valence-corrected chi connectivity index (χ1v) is 12.2. The maximum absolute atomic E-state index is 5.54. The first kappa shape index (κ1) is 28.0. The minimum absolute atomic E-state index is 0. The van der Waals surface area contributed by atoms with Gasteiger partial charge in [-0.15, -0.1) is 24.0 Å². The Labute approximate surface area is 216 Å². The zero-order chi connectivity index (χ0) is 22.6. The number of morpholine rings is 1. The predicted octanol–water partition coefficient (Wildman–Crippen LogP) is 1.52. The number of ether oxygens (including phenoxy) is 1. The molecule has 10 heteroatoms. The topological polar surface area (TPSA) is 81.2 Å². The lowest BCUT2D eigenvalue weighted by atomic mass is 10.0. The van der Waals surface area contributed by atoms with E-state index in [-0.39, 0.29) is 24.0 Å². The maximum atomic E-state index is 5.54. The van der Waals surface area contributed by atoms with Crippen LogP contribution < -0.4 is 15.5 Å². The summed E-state index contributed by atoms with van der Waals surface area (Å²) in [5.74, 6) is 2.42. The number of anilines is 1. The van der Waals surface area contributed by atoms with Crippen LogP contribution >= 0.6 is 24.0 Å². The minimum Gasteiger partial charge on any atom is -0.379 e. The van der Waals surface area contributed by atoms with Crippen molar-refractivity contribution >= 4 is 35.9 Å². The van der Waals surface area contributed by atoms with Crippen molar-refractivity contribution in [3.05, 3.63) is 18.5 Å². The molecule has 9 nitrogen and oxygen atoms in total. The monoisotopic (exact) mass is 574 g/mol. The molecule has 1 unspecified atom stereocenters. The first-order chi connectivity index (χ1) is 15.7. The van der Waals surface area contributed by atoms with Gasteiger partial charge in [0, 0.05) is 77.3 Å². The van der Waals surface area contributed by atoms with Crippen LogP contribution in [-0.4, -0.2) is 110 Å². The third-order valence-electron chi connectivity index (χ3n) is 6.04. The molecule has 2 N–H and O–H groups in total. The van der Waals surface area contributed by atoms with Gasteiger partial charge in [0.1, 0.15) is 0 Å². The predicted molar refractivity (Wildman–Crippen MR) is 146 cm³/mol. The molecular formula is C23H43IN8O. The second kappa shape index (κ2) is 15.6. The van der Waals surface area contributed by atoms with Crippen LogP contribution in [0.25, 0.3) is 0 Å². The number of aliphatic imine (C=N–C) groups is 1. The number of rotatable bonds is 10. The van der Waals surface area contributed by atoms with Gasteiger partial charge in [0.15, 0.2) is 5.96 Å². The number of nitrogens with zero attached hydrogens (tertiary/aromatic N) is 6. The molecule has 1 aromatic heterocycles. The highest BCUT2D eigenvalue weighted by Gasteiger charge is 2.22. The summed E-state index contributed by atoms with van der Waals surface area (Å²) in [7, 11) is 0. The summed E-state index contributed by atoms with van der Waals surface area (Å²) in [5, 5.41) is 6.95. The zero-order valence-electron chi connectivity index (χ0n) is 20.6. The van der Waals surface area contributed by atoms with E-state index < -0.39 is 0 Å². The molecule has 2 fully saturated rings. The molecule has 0 aliphatic carbocycles. The average molecular weight is 575 g/mol. The molecule has 3 heterocycles. The van der Waals surface area contributed by atoms with Crippen molar-refractivity contribution in [2.75, 3.05) is 83.6 Å². The van der Waals surface area contributed by atoms with Gasteiger partial charge in [0.05, 0.1) is 19.8 Å². The van der Waals surface area contributed by atoms with E-state index in [9.17, 15) is 0 Å². The minimum atomic E-state index is 0. The summed E-state index contributed by atoms with van der Waals surface area (Å²) in [5.41, 5.74) is 0. The van der Waals surface area contributed by atoms with Gasteiger partial charge in [-0.25, -0.2) is 9.97 Å². The number of guanidine groups is 1. The number of nitrogens with one attached hydrogen (secondary N) is 2. The Morgan fingerprint density at radius 1 is 1.06 bits per heavy atom. The number of piperazine rings is 1. The van der Waals surface area contributed by atoms with Gasteiger partial charge >= 0.3 is 0 Å². The van der Waals surface area contributed by atoms with Gasteiger partial charge in [0.2, 0.25) is 5.95 Å². The van der Waals surface area contributed by atoms with Crippen LogP contribution in [0, 0.1) is 5.92 Å². The summed E-state index contributed by atoms with van der Waals surface area (Å²) in [6, 6.07) is 2.34. The molecule has 0 spiro atoms. The standard InChI is InChI=1S/C23H42N8O.HI/c1-4-24-22(28-19-21(18-20(2)3)30-14-16-32-17-15-30)25-8-9-29-10-12-31(13-11-29)23-26-6-5-7-27-23;/h5-7,20-21H,4,8-19H2,1-3H3,(H2,24,25,28);1H. The molecule has 2 aliphatic heterocycles. The van der Waals surface area contributed by atoms with Crippen LogP contribution in [0.3, 0.4) is 0 Å². The summed E-state index contributed by atoms with van der Waals surface area (Å²) < 4.78 is 5.54. The van der Waals surface area contributed by atoms with Gasteiger partial charge < -0.3 is 20.3 Å². The van der Waals surface area contributed by atoms with E-state index in [1.165, 1.54) is 0 Å². The Balaban J connectivity index is 0.00000385. The van der Waals surface area contributed by atoms with Gasteiger partial charge in [-0.05, 0) is 25.3 Å². The van der Waals surface area contributed by atoms with Gasteiger partial charge in [-0.2, -0.15) is 0 Å². The number of hydrogen-bond acceptors (Lipinski definition) is 7. The molecule has 0 saturated carbocycles. The van der Waals surface area contributed by atoms with E-state index in [4.69, 9.17) is 9.73 Å². The number of aromatic nitrogens is 2. The zero-order valence-corrected chi connectivity index (χ0v) is 22.9. The molecule has 33 heavy (non-hydrogen) atoms. The Kier molecular flexibility index (Phi) is 13.3. The van der Waals surface area contributed by atoms with Gasteiger partial charge in [0.25, 0.3) is 0 Å². The fourth-order valence-corrected chi connectivity index (χ4v) is 4.32. The Morgan fingerprint density at radius 2 is 1.76 bits per heavy atom. The molecule has 0 aromatic carbocycles. The van der Waals surface area contributed by atoms with Crippen molar-refractivity contribution in [2.45, 2.75) is 33.2 Å². The van der Waals surface area contributed by atoms with Crippen LogP contribution in [0.15, 0.2) is 23.5 Å². The lowest BCUT2D eigenvalue weighted by Gasteiger charge is -2.35. The molecular weight excluding hydrogens is 531 g/mol. The van der Waals surface area contributed by atoms with E-state index in [0.29, 0.717) is 12.0 Å². The highest BCUT2D eigenvalue weighted by molar-refractivity contribution is 14.0. The fraction of sp³-hybridized carbons (Fsp3) is 0.783. The highest BCUT2D eigenvalue weighted by Crippen LogP contribution is 2.14. The Morgan fingerprint density at radius 3 is 2.39 bits per heavy atom. The van der Waals surface area contributed by atoms with Crippen molar-refractivity contribution in [1.82, 2.24) is 30.4 Å². The lowest BCUT2D eigenvalue weighted by Crippen LogP contribution is -2.50. The normalized spacial score (nSPS) is 19.3. The van der Waals surface area contributed by atoms with Crippen molar-refractivity contribution in [2.24, 2.45) is 10.9 Å². The van der Waals surface area contributed by atoms with E-state index in [0.717, 1.165) is 97.0 Å². The van der Waals surface area contributed by atoms with Crippen LogP contribution in [-0.2, 0) is 4.74 Å². The molecule has 1 aromatic rings. The van der Waals surface area contributed by atoms with Crippen LogP contribution in [0.1, 0.15) is 27.2 Å². The first-order valence-electron chi connectivity index (χ1n) is 12.2. The van der Waals surface area contributed by atoms with E-state index >= 15 is 0 Å². The van der Waals surface area contributed by atoms with Crippen LogP contribution in [0.5, 0.6) is 0 Å². The SMILES string of the molecule is CCNC(=NCC(CC(C)C)N1CCOCC1)NCCN1CCN(c2ncccn2)CC1.I. The van der Waals surface area contributed by atoms with E-state index in [1.807, 2.05) is 18.5 Å². The van der Waals surface area contributed by atoms with Crippen LogP contribution in [0.2, 0.25) is 0 Å². The molecule has 0 amide bonds. The molecule has 0 bridgehead atoms. The summed E-state index contributed by atoms with van der Waals surface area (Å²) in [6.45, 7) is 18.0. The largest absolute Gasteiger partial charge is 0.379 e. The fourth-order valence-electron chi connectivity index (χ4n) is 4.32. The molecule has 1 atom stereocenters. The lowest BCUT2D eigenvalue weighted by molar-refractivity contribution is 0.0143. The van der Waals surface area contributed by atoms with Crippen molar-refractivity contribution < 1.29 is 4.74 Å². The molecule has 188 valence electrons. The van der Waals surface area contributed by atoms with Crippen molar-refractivity contribution in [3.8, 4) is 0 Å². The third kappa shape index (κ3) is 9.87.